The van der Waals surface area contributed by atoms with Crippen molar-refractivity contribution in [2.75, 3.05) is 26.4 Å². The average Bonchev–Trinajstić information content (AvgIpc) is 2.58. The molecule has 0 N–H and O–H groups in total. The first kappa shape index (κ1) is 11.8. The van der Waals surface area contributed by atoms with E-state index in [1.54, 1.807) is 11.8 Å². The van der Waals surface area contributed by atoms with Crippen LogP contribution in [0, 0.1) is 0 Å². The highest BCUT2D eigenvalue weighted by molar-refractivity contribution is 7.99. The van der Waals surface area contributed by atoms with Crippen molar-refractivity contribution in [3.05, 3.63) is 23.2 Å². The van der Waals surface area contributed by atoms with Gasteiger partial charge < -0.3 is 9.32 Å². The first-order valence-electron chi connectivity index (χ1n) is 4.99. The number of benzene rings is 1. The van der Waals surface area contributed by atoms with Crippen LogP contribution in [0.1, 0.15) is 0 Å². The van der Waals surface area contributed by atoms with Crippen LogP contribution in [0.4, 0.5) is 0 Å². The van der Waals surface area contributed by atoms with Crippen LogP contribution >= 0.6 is 23.4 Å². The van der Waals surface area contributed by atoms with Gasteiger partial charge in [-0.3, -0.25) is 0 Å². The van der Waals surface area contributed by atoms with Crippen LogP contribution in [-0.4, -0.2) is 36.3 Å². The van der Waals surface area contributed by atoms with Crippen molar-refractivity contribution in [2.45, 2.75) is 5.22 Å². The van der Waals surface area contributed by atoms with E-state index in [4.69, 9.17) is 16.0 Å². The van der Waals surface area contributed by atoms with Crippen molar-refractivity contribution < 1.29 is 4.42 Å². The maximum absolute atomic E-state index is 5.88. The topological polar surface area (TPSA) is 29.3 Å². The smallest absolute Gasteiger partial charge is 0.256 e. The second kappa shape index (κ2) is 5.08. The third-order valence-electron chi connectivity index (χ3n) is 2.09. The number of aromatic nitrogens is 1. The summed E-state index contributed by atoms with van der Waals surface area (Å²) in [6, 6.07) is 5.47. The number of hydrogen-bond acceptors (Lipinski definition) is 4. The molecule has 0 amide bonds. The van der Waals surface area contributed by atoms with E-state index in [2.05, 4.69) is 9.88 Å². The number of rotatable bonds is 4. The number of hydrogen-bond donors (Lipinski definition) is 0. The van der Waals surface area contributed by atoms with Crippen molar-refractivity contribution in [1.82, 2.24) is 9.88 Å². The number of nitrogens with zero attached hydrogens (tertiary/aromatic N) is 2. The predicted molar refractivity (Wildman–Crippen MR) is 68.3 cm³/mol. The fourth-order valence-corrected chi connectivity index (χ4v) is 2.37. The molecule has 0 spiro atoms. The molecule has 86 valence electrons. The lowest BCUT2D eigenvalue weighted by molar-refractivity contribution is 0.435. The highest BCUT2D eigenvalue weighted by atomic mass is 35.5. The van der Waals surface area contributed by atoms with Crippen LogP contribution < -0.4 is 0 Å². The molecule has 1 aromatic carbocycles. The molecule has 3 nitrogen and oxygen atoms in total. The molecule has 0 aliphatic rings. The van der Waals surface area contributed by atoms with Gasteiger partial charge in [0.05, 0.1) is 0 Å². The molecule has 1 heterocycles. The molecule has 0 fully saturated rings. The van der Waals surface area contributed by atoms with Crippen LogP contribution in [0.3, 0.4) is 0 Å². The Bertz CT molecular complexity index is 484. The van der Waals surface area contributed by atoms with Gasteiger partial charge in [-0.05, 0) is 32.3 Å². The van der Waals surface area contributed by atoms with Crippen LogP contribution in [0.5, 0.6) is 0 Å². The summed E-state index contributed by atoms with van der Waals surface area (Å²) in [4.78, 5) is 6.50. The van der Waals surface area contributed by atoms with Gasteiger partial charge in [0, 0.05) is 17.3 Å². The molecule has 2 aromatic rings. The lowest BCUT2D eigenvalue weighted by Crippen LogP contribution is -2.14. The summed E-state index contributed by atoms with van der Waals surface area (Å²) in [5.41, 5.74) is 1.61. The Labute approximate surface area is 104 Å². The molecule has 0 bridgehead atoms. The van der Waals surface area contributed by atoms with Gasteiger partial charge in [0.2, 0.25) is 0 Å². The Morgan fingerprint density at radius 1 is 1.44 bits per heavy atom. The minimum Gasteiger partial charge on any atom is -0.431 e. The Balaban J connectivity index is 2.08. The highest BCUT2D eigenvalue weighted by Crippen LogP contribution is 2.25. The summed E-state index contributed by atoms with van der Waals surface area (Å²) in [6.45, 7) is 1.00. The quantitative estimate of drug-likeness (QED) is 0.786. The summed E-state index contributed by atoms with van der Waals surface area (Å²) >= 11 is 7.50. The molecule has 0 unspecified atom stereocenters. The molecule has 1 aromatic heterocycles. The van der Waals surface area contributed by atoms with Gasteiger partial charge in [0.1, 0.15) is 5.52 Å². The Morgan fingerprint density at radius 3 is 3.00 bits per heavy atom. The minimum absolute atomic E-state index is 0.686. The van der Waals surface area contributed by atoms with Crippen molar-refractivity contribution >= 4 is 34.5 Å². The average molecular weight is 257 g/mol. The zero-order chi connectivity index (χ0) is 11.5. The molecular formula is C11H13ClN2OS. The van der Waals surface area contributed by atoms with Gasteiger partial charge in [0.25, 0.3) is 5.22 Å². The van der Waals surface area contributed by atoms with E-state index in [9.17, 15) is 0 Å². The number of oxazole rings is 1. The normalized spacial score (nSPS) is 11.5. The van der Waals surface area contributed by atoms with E-state index in [1.807, 2.05) is 32.3 Å². The fourth-order valence-electron chi connectivity index (χ4n) is 1.26. The van der Waals surface area contributed by atoms with Gasteiger partial charge in [-0.2, -0.15) is 0 Å². The van der Waals surface area contributed by atoms with Gasteiger partial charge in [-0.1, -0.05) is 23.4 Å². The maximum atomic E-state index is 5.88. The molecule has 0 saturated heterocycles. The van der Waals surface area contributed by atoms with E-state index in [0.29, 0.717) is 10.2 Å². The first-order chi connectivity index (χ1) is 7.65. The number of thioether (sulfide) groups is 1. The second-order valence-electron chi connectivity index (χ2n) is 3.74. The molecule has 0 saturated carbocycles. The van der Waals surface area contributed by atoms with Gasteiger partial charge in [-0.15, -0.1) is 0 Å². The van der Waals surface area contributed by atoms with Crippen molar-refractivity contribution in [3.63, 3.8) is 0 Å². The summed E-state index contributed by atoms with van der Waals surface area (Å²) in [5, 5.41) is 1.39. The maximum Gasteiger partial charge on any atom is 0.256 e. The molecule has 0 atom stereocenters. The molecule has 0 radical (unpaired) electrons. The Hall–Kier alpha value is -0.710. The number of fused-ring (bicyclic) bond motifs is 1. The van der Waals surface area contributed by atoms with Gasteiger partial charge in [0.15, 0.2) is 5.58 Å². The van der Waals surface area contributed by atoms with Crippen molar-refractivity contribution in [2.24, 2.45) is 0 Å². The van der Waals surface area contributed by atoms with E-state index in [0.717, 1.165) is 23.4 Å². The zero-order valence-electron chi connectivity index (χ0n) is 9.24. The van der Waals surface area contributed by atoms with Crippen LogP contribution in [0.15, 0.2) is 27.8 Å². The van der Waals surface area contributed by atoms with Gasteiger partial charge in [-0.25, -0.2) is 4.98 Å². The van der Waals surface area contributed by atoms with Crippen LogP contribution in [-0.2, 0) is 0 Å². The fraction of sp³-hybridized carbons (Fsp3) is 0.364. The standard InChI is InChI=1S/C11H13ClN2OS/c1-14(2)5-6-16-11-13-9-7-8(12)3-4-10(9)15-11/h3-4,7H,5-6H2,1-2H3. The lowest BCUT2D eigenvalue weighted by atomic mass is 10.3. The summed E-state index contributed by atoms with van der Waals surface area (Å²) in [7, 11) is 4.10. The molecule has 5 heteroatoms. The molecular weight excluding hydrogens is 244 g/mol. The largest absolute Gasteiger partial charge is 0.431 e. The first-order valence-corrected chi connectivity index (χ1v) is 6.35. The molecule has 0 aliphatic carbocycles. The van der Waals surface area contributed by atoms with Crippen LogP contribution in [0.2, 0.25) is 5.02 Å². The highest BCUT2D eigenvalue weighted by Gasteiger charge is 2.06. The Morgan fingerprint density at radius 2 is 2.25 bits per heavy atom. The second-order valence-corrected chi connectivity index (χ2v) is 5.23. The van der Waals surface area contributed by atoms with Crippen LogP contribution in [0.25, 0.3) is 11.1 Å². The summed E-state index contributed by atoms with van der Waals surface area (Å²) < 4.78 is 5.58. The van der Waals surface area contributed by atoms with E-state index in [-0.39, 0.29) is 0 Å². The molecule has 2 rings (SSSR count). The van der Waals surface area contributed by atoms with E-state index >= 15 is 0 Å². The third kappa shape index (κ3) is 2.90. The van der Waals surface area contributed by atoms with Crippen molar-refractivity contribution in [1.29, 1.82) is 0 Å². The number of halogens is 1. The molecule has 0 aliphatic heterocycles. The monoisotopic (exact) mass is 256 g/mol. The zero-order valence-corrected chi connectivity index (χ0v) is 10.8. The minimum atomic E-state index is 0.686. The molecule has 16 heavy (non-hydrogen) atoms. The Kier molecular flexibility index (Phi) is 3.74. The summed E-state index contributed by atoms with van der Waals surface area (Å²) in [6.07, 6.45) is 0. The SMILES string of the molecule is CN(C)CCSc1nc2cc(Cl)ccc2o1. The van der Waals surface area contributed by atoms with E-state index < -0.39 is 0 Å². The predicted octanol–water partition coefficient (Wildman–Crippen LogP) is 3.13. The summed E-state index contributed by atoms with van der Waals surface area (Å²) in [5.74, 6) is 0.966. The van der Waals surface area contributed by atoms with E-state index in [1.165, 1.54) is 0 Å². The van der Waals surface area contributed by atoms with Crippen molar-refractivity contribution in [3.8, 4) is 0 Å². The lowest BCUT2D eigenvalue weighted by Gasteiger charge is -2.06. The van der Waals surface area contributed by atoms with Gasteiger partial charge >= 0.3 is 0 Å². The third-order valence-corrected chi connectivity index (χ3v) is 3.14.